The number of hydrogen-bond acceptors (Lipinski definition) is 7. The van der Waals surface area contributed by atoms with Crippen LogP contribution in [-0.2, 0) is 11.3 Å². The standard InChI is InChI=1S/C26H29NO6/c1-3-13-31-26(30)18-6-8-19(9-7-18)33-23-16-32-25-20(24(23)29)10-11-22(28)21(25)15-27-12-4-5-17(2)14-27/h6-11,16-17,28H,3-5,12-15H2,1-2H3. The number of hydrogen-bond donors (Lipinski definition) is 1. The molecule has 1 atom stereocenters. The van der Waals surface area contributed by atoms with Crippen LogP contribution < -0.4 is 10.2 Å². The van der Waals surface area contributed by atoms with Gasteiger partial charge in [0.2, 0.25) is 11.2 Å². The highest BCUT2D eigenvalue weighted by Gasteiger charge is 2.21. The molecule has 4 rings (SSSR count). The van der Waals surface area contributed by atoms with Crippen LogP contribution in [0.1, 0.15) is 49.0 Å². The third-order valence-corrected chi connectivity index (χ3v) is 5.87. The molecule has 0 aliphatic carbocycles. The van der Waals surface area contributed by atoms with Gasteiger partial charge in [0.05, 0.1) is 23.1 Å². The van der Waals surface area contributed by atoms with Gasteiger partial charge in [-0.2, -0.15) is 0 Å². The van der Waals surface area contributed by atoms with E-state index in [2.05, 4.69) is 11.8 Å². The number of ether oxygens (including phenoxy) is 2. The number of fused-ring (bicyclic) bond motifs is 1. The first-order chi connectivity index (χ1) is 16.0. The van der Waals surface area contributed by atoms with E-state index in [1.807, 2.05) is 6.92 Å². The van der Waals surface area contributed by atoms with E-state index >= 15 is 0 Å². The lowest BCUT2D eigenvalue weighted by Gasteiger charge is -2.31. The third-order valence-electron chi connectivity index (χ3n) is 5.87. The van der Waals surface area contributed by atoms with Crippen LogP contribution in [0.3, 0.4) is 0 Å². The van der Waals surface area contributed by atoms with Crippen molar-refractivity contribution >= 4 is 16.9 Å². The molecule has 1 saturated heterocycles. The molecule has 2 aromatic carbocycles. The zero-order valence-corrected chi connectivity index (χ0v) is 19.0. The van der Waals surface area contributed by atoms with Crippen molar-refractivity contribution in [3.63, 3.8) is 0 Å². The van der Waals surface area contributed by atoms with Crippen molar-refractivity contribution in [1.82, 2.24) is 4.90 Å². The fourth-order valence-electron chi connectivity index (χ4n) is 4.17. The first-order valence-electron chi connectivity index (χ1n) is 11.4. The Morgan fingerprint density at radius 3 is 2.73 bits per heavy atom. The number of esters is 1. The van der Waals surface area contributed by atoms with Gasteiger partial charge in [0, 0.05) is 13.1 Å². The molecular formula is C26H29NO6. The van der Waals surface area contributed by atoms with E-state index in [-0.39, 0.29) is 16.9 Å². The minimum absolute atomic E-state index is 0.0343. The van der Waals surface area contributed by atoms with Crippen LogP contribution in [0.5, 0.6) is 17.2 Å². The van der Waals surface area contributed by atoms with Gasteiger partial charge >= 0.3 is 5.97 Å². The molecule has 0 bridgehead atoms. The van der Waals surface area contributed by atoms with Gasteiger partial charge in [-0.05, 0) is 68.1 Å². The van der Waals surface area contributed by atoms with Crippen LogP contribution in [-0.4, -0.2) is 35.7 Å². The van der Waals surface area contributed by atoms with Gasteiger partial charge < -0.3 is 19.0 Å². The minimum Gasteiger partial charge on any atom is -0.507 e. The fraction of sp³-hybridized carbons (Fsp3) is 0.385. The van der Waals surface area contributed by atoms with Gasteiger partial charge in [0.15, 0.2) is 0 Å². The first-order valence-corrected chi connectivity index (χ1v) is 11.4. The average molecular weight is 452 g/mol. The summed E-state index contributed by atoms with van der Waals surface area (Å²) in [5.74, 6) is 0.747. The molecule has 1 unspecified atom stereocenters. The maximum atomic E-state index is 13.1. The SMILES string of the molecule is CCCOC(=O)c1ccc(Oc2coc3c(CN4CCCC(C)C4)c(O)ccc3c2=O)cc1. The Morgan fingerprint density at radius 1 is 1.21 bits per heavy atom. The maximum absolute atomic E-state index is 13.1. The highest BCUT2D eigenvalue weighted by molar-refractivity contribution is 5.89. The van der Waals surface area contributed by atoms with Gasteiger partial charge in [-0.25, -0.2) is 4.79 Å². The summed E-state index contributed by atoms with van der Waals surface area (Å²) in [6.07, 6.45) is 4.34. The lowest BCUT2D eigenvalue weighted by molar-refractivity contribution is 0.0505. The zero-order chi connectivity index (χ0) is 23.4. The lowest BCUT2D eigenvalue weighted by atomic mass is 9.99. The van der Waals surface area contributed by atoms with E-state index in [4.69, 9.17) is 13.9 Å². The van der Waals surface area contributed by atoms with E-state index in [1.54, 1.807) is 30.3 Å². The van der Waals surface area contributed by atoms with Gasteiger partial charge in [-0.15, -0.1) is 0 Å². The summed E-state index contributed by atoms with van der Waals surface area (Å²) in [5, 5.41) is 10.8. The summed E-state index contributed by atoms with van der Waals surface area (Å²) in [4.78, 5) is 27.3. The number of carbonyl (C=O) groups is 1. The summed E-state index contributed by atoms with van der Waals surface area (Å²) >= 11 is 0. The van der Waals surface area contributed by atoms with Crippen molar-refractivity contribution in [2.45, 2.75) is 39.7 Å². The molecular weight excluding hydrogens is 422 g/mol. The van der Waals surface area contributed by atoms with Gasteiger partial charge in [0.25, 0.3) is 0 Å². The maximum Gasteiger partial charge on any atom is 0.338 e. The largest absolute Gasteiger partial charge is 0.507 e. The summed E-state index contributed by atoms with van der Waals surface area (Å²) in [7, 11) is 0. The normalized spacial score (nSPS) is 16.6. The Balaban J connectivity index is 1.56. The molecule has 1 aromatic heterocycles. The molecule has 3 aromatic rings. The molecule has 1 fully saturated rings. The molecule has 0 saturated carbocycles. The smallest absolute Gasteiger partial charge is 0.338 e. The van der Waals surface area contributed by atoms with Crippen molar-refractivity contribution in [2.75, 3.05) is 19.7 Å². The van der Waals surface area contributed by atoms with E-state index in [0.717, 1.165) is 25.9 Å². The second-order valence-corrected chi connectivity index (χ2v) is 8.61. The summed E-state index contributed by atoms with van der Waals surface area (Å²) in [6.45, 7) is 6.93. The number of nitrogens with zero attached hydrogens (tertiary/aromatic N) is 1. The Hall–Kier alpha value is -3.32. The van der Waals surface area contributed by atoms with Crippen LogP contribution in [0.25, 0.3) is 11.0 Å². The average Bonchev–Trinajstić information content (AvgIpc) is 2.81. The fourth-order valence-corrected chi connectivity index (χ4v) is 4.17. The summed E-state index contributed by atoms with van der Waals surface area (Å²) in [5.41, 5.74) is 1.07. The molecule has 7 nitrogen and oxygen atoms in total. The van der Waals surface area contributed by atoms with E-state index < -0.39 is 5.97 Å². The Kier molecular flexibility index (Phi) is 6.99. The molecule has 1 N–H and O–H groups in total. The van der Waals surface area contributed by atoms with Crippen LogP contribution in [0.15, 0.2) is 51.9 Å². The molecule has 0 radical (unpaired) electrons. The number of benzene rings is 2. The monoisotopic (exact) mass is 451 g/mol. The van der Waals surface area contributed by atoms with Crippen LogP contribution in [0.4, 0.5) is 0 Å². The van der Waals surface area contributed by atoms with Gasteiger partial charge in [0.1, 0.15) is 23.3 Å². The zero-order valence-electron chi connectivity index (χ0n) is 19.0. The molecule has 1 aliphatic rings. The Morgan fingerprint density at radius 2 is 2.00 bits per heavy atom. The number of rotatable bonds is 7. The Labute approximate surface area is 192 Å². The number of carbonyl (C=O) groups excluding carboxylic acids is 1. The lowest BCUT2D eigenvalue weighted by Crippen LogP contribution is -2.33. The molecule has 33 heavy (non-hydrogen) atoms. The first kappa shape index (κ1) is 22.9. The minimum atomic E-state index is -0.399. The molecule has 7 heteroatoms. The second-order valence-electron chi connectivity index (χ2n) is 8.61. The quantitative estimate of drug-likeness (QED) is 0.501. The predicted octanol–water partition coefficient (Wildman–Crippen LogP) is 5.09. The number of likely N-dealkylation sites (tertiary alicyclic amines) is 1. The number of phenols is 1. The highest BCUT2D eigenvalue weighted by atomic mass is 16.5. The van der Waals surface area contributed by atoms with Crippen molar-refractivity contribution in [1.29, 1.82) is 0 Å². The number of phenolic OH excluding ortho intramolecular Hbond substituents is 1. The van der Waals surface area contributed by atoms with Gasteiger partial charge in [-0.3, -0.25) is 9.69 Å². The molecule has 0 amide bonds. The van der Waals surface area contributed by atoms with Crippen LogP contribution >= 0.6 is 0 Å². The summed E-state index contributed by atoms with van der Waals surface area (Å²) in [6, 6.07) is 9.47. The molecule has 2 heterocycles. The number of piperidine rings is 1. The molecule has 174 valence electrons. The van der Waals surface area contributed by atoms with Crippen molar-refractivity contribution in [3.05, 3.63) is 64.0 Å². The van der Waals surface area contributed by atoms with Gasteiger partial charge in [-0.1, -0.05) is 13.8 Å². The van der Waals surface area contributed by atoms with E-state index in [1.165, 1.54) is 18.8 Å². The van der Waals surface area contributed by atoms with Crippen LogP contribution in [0.2, 0.25) is 0 Å². The topological polar surface area (TPSA) is 89.2 Å². The van der Waals surface area contributed by atoms with E-state index in [9.17, 15) is 14.7 Å². The van der Waals surface area contributed by atoms with E-state index in [0.29, 0.717) is 46.9 Å². The second kappa shape index (κ2) is 10.1. The van der Waals surface area contributed by atoms with Crippen LogP contribution in [0, 0.1) is 5.92 Å². The third kappa shape index (κ3) is 5.20. The summed E-state index contributed by atoms with van der Waals surface area (Å²) < 4.78 is 16.6. The predicted molar refractivity (Wildman–Crippen MR) is 125 cm³/mol. The molecule has 0 spiro atoms. The Bertz CT molecular complexity index is 1180. The van der Waals surface area contributed by atoms with Crippen molar-refractivity contribution in [2.24, 2.45) is 5.92 Å². The highest BCUT2D eigenvalue weighted by Crippen LogP contribution is 2.30. The molecule has 1 aliphatic heterocycles. The van der Waals surface area contributed by atoms with Crippen molar-refractivity contribution < 1.29 is 23.8 Å². The van der Waals surface area contributed by atoms with Crippen molar-refractivity contribution in [3.8, 4) is 17.2 Å². The number of aromatic hydroxyl groups is 1.